The lowest BCUT2D eigenvalue weighted by atomic mass is 10.2. The van der Waals surface area contributed by atoms with Gasteiger partial charge in [-0.1, -0.05) is 12.1 Å². The van der Waals surface area contributed by atoms with E-state index in [9.17, 15) is 13.2 Å². The molecular weight excluding hydrogens is 334 g/mol. The van der Waals surface area contributed by atoms with Gasteiger partial charge in [0, 0.05) is 6.07 Å². The number of hydrogen-bond donors (Lipinski definition) is 1. The molecule has 8 heteroatoms. The van der Waals surface area contributed by atoms with Crippen LogP contribution in [0.4, 0.5) is 5.69 Å². The van der Waals surface area contributed by atoms with E-state index in [0.29, 0.717) is 5.75 Å². The lowest BCUT2D eigenvalue weighted by Crippen LogP contribution is -2.17. The number of benzene rings is 2. The van der Waals surface area contributed by atoms with Crippen molar-refractivity contribution in [2.75, 3.05) is 26.1 Å². The van der Waals surface area contributed by atoms with Crippen molar-refractivity contribution in [3.05, 3.63) is 48.0 Å². The van der Waals surface area contributed by atoms with Gasteiger partial charge in [-0.25, -0.2) is 13.2 Å². The average Bonchev–Trinajstić information content (AvgIpc) is 2.60. The number of hydrogen-bond acceptors (Lipinski definition) is 6. The van der Waals surface area contributed by atoms with Crippen molar-refractivity contribution in [3.8, 4) is 11.5 Å². The van der Waals surface area contributed by atoms with Gasteiger partial charge in [-0.15, -0.1) is 0 Å². The monoisotopic (exact) mass is 351 g/mol. The highest BCUT2D eigenvalue weighted by atomic mass is 32.2. The topological polar surface area (TPSA) is 90.9 Å². The molecule has 128 valence electrons. The third-order valence-corrected chi connectivity index (χ3v) is 4.62. The molecule has 0 amide bonds. The van der Waals surface area contributed by atoms with Crippen molar-refractivity contribution in [2.45, 2.75) is 4.90 Å². The van der Waals surface area contributed by atoms with E-state index in [-0.39, 0.29) is 21.9 Å². The molecule has 0 radical (unpaired) electrons. The molecule has 0 unspecified atom stereocenters. The van der Waals surface area contributed by atoms with E-state index in [1.54, 1.807) is 18.2 Å². The van der Waals surface area contributed by atoms with E-state index < -0.39 is 16.0 Å². The lowest BCUT2D eigenvalue weighted by Gasteiger charge is -2.14. The van der Waals surface area contributed by atoms with Crippen molar-refractivity contribution in [1.82, 2.24) is 0 Å². The Morgan fingerprint density at radius 3 is 2.33 bits per heavy atom. The summed E-state index contributed by atoms with van der Waals surface area (Å²) in [5.41, 5.74) is 0.208. The van der Waals surface area contributed by atoms with Gasteiger partial charge in [-0.05, 0) is 24.3 Å². The molecule has 24 heavy (non-hydrogen) atoms. The minimum Gasteiger partial charge on any atom is -0.497 e. The molecule has 2 rings (SSSR count). The molecule has 0 heterocycles. The predicted octanol–water partition coefficient (Wildman–Crippen LogP) is 2.29. The number of sulfonamides is 1. The first-order valence-electron chi connectivity index (χ1n) is 6.85. The molecule has 2 aromatic carbocycles. The summed E-state index contributed by atoms with van der Waals surface area (Å²) in [7, 11) is -0.00169. The number of esters is 1. The Morgan fingerprint density at radius 2 is 1.71 bits per heavy atom. The number of carbonyl (C=O) groups is 1. The van der Waals surface area contributed by atoms with Crippen LogP contribution in [-0.4, -0.2) is 35.7 Å². The Balaban J connectivity index is 2.49. The molecule has 0 aromatic heterocycles. The number of para-hydroxylation sites is 1. The Bertz CT molecular complexity index is 847. The SMILES string of the molecule is COC(=O)c1ccccc1NS(=O)(=O)c1cc(OC)ccc1OC. The normalized spacial score (nSPS) is 10.8. The highest BCUT2D eigenvalue weighted by Crippen LogP contribution is 2.30. The number of rotatable bonds is 6. The maximum absolute atomic E-state index is 12.7. The first-order chi connectivity index (χ1) is 11.4. The molecule has 0 spiro atoms. The molecule has 0 aliphatic carbocycles. The molecule has 7 nitrogen and oxygen atoms in total. The summed E-state index contributed by atoms with van der Waals surface area (Å²) in [5.74, 6) is -0.137. The summed E-state index contributed by atoms with van der Waals surface area (Å²) < 4.78 is 42.6. The number of ether oxygens (including phenoxy) is 3. The summed E-state index contributed by atoms with van der Waals surface area (Å²) in [4.78, 5) is 11.7. The van der Waals surface area contributed by atoms with Crippen LogP contribution >= 0.6 is 0 Å². The van der Waals surface area contributed by atoms with Crippen LogP contribution < -0.4 is 14.2 Å². The van der Waals surface area contributed by atoms with Gasteiger partial charge in [0.05, 0.1) is 32.6 Å². The number of methoxy groups -OCH3 is 3. The van der Waals surface area contributed by atoms with E-state index in [1.807, 2.05) is 0 Å². The van der Waals surface area contributed by atoms with Crippen molar-refractivity contribution in [2.24, 2.45) is 0 Å². The van der Waals surface area contributed by atoms with Gasteiger partial charge in [0.25, 0.3) is 10.0 Å². The van der Waals surface area contributed by atoms with Crippen LogP contribution in [-0.2, 0) is 14.8 Å². The quantitative estimate of drug-likeness (QED) is 0.803. The standard InChI is InChI=1S/C16H17NO6S/c1-21-11-8-9-14(22-2)15(10-11)24(19,20)17-13-7-5-4-6-12(13)16(18)23-3/h4-10,17H,1-3H3. The second-order valence-corrected chi connectivity index (χ2v) is 6.31. The zero-order valence-corrected chi connectivity index (χ0v) is 14.2. The fourth-order valence-electron chi connectivity index (χ4n) is 2.05. The van der Waals surface area contributed by atoms with Crippen LogP contribution in [0.15, 0.2) is 47.4 Å². The summed E-state index contributed by atoms with van der Waals surface area (Å²) in [6, 6.07) is 10.5. The molecule has 0 bridgehead atoms. The summed E-state index contributed by atoms with van der Waals surface area (Å²) in [6.45, 7) is 0. The summed E-state index contributed by atoms with van der Waals surface area (Å²) in [5, 5.41) is 0. The van der Waals surface area contributed by atoms with Crippen molar-refractivity contribution in [3.63, 3.8) is 0 Å². The van der Waals surface area contributed by atoms with Crippen LogP contribution in [0, 0.1) is 0 Å². The molecule has 0 saturated heterocycles. The van der Waals surface area contributed by atoms with Gasteiger partial charge in [0.1, 0.15) is 16.4 Å². The minimum atomic E-state index is -4.02. The van der Waals surface area contributed by atoms with E-state index in [4.69, 9.17) is 9.47 Å². The van der Waals surface area contributed by atoms with Crippen molar-refractivity contribution in [1.29, 1.82) is 0 Å². The molecular formula is C16H17NO6S. The number of nitrogens with one attached hydrogen (secondary N) is 1. The summed E-state index contributed by atoms with van der Waals surface area (Å²) in [6.07, 6.45) is 0. The zero-order valence-electron chi connectivity index (χ0n) is 13.4. The van der Waals surface area contributed by atoms with Gasteiger partial charge in [0.15, 0.2) is 0 Å². The largest absolute Gasteiger partial charge is 0.497 e. The lowest BCUT2D eigenvalue weighted by molar-refractivity contribution is 0.0602. The van der Waals surface area contributed by atoms with Crippen LogP contribution in [0.1, 0.15) is 10.4 Å². The first-order valence-corrected chi connectivity index (χ1v) is 8.33. The van der Waals surface area contributed by atoms with Crippen LogP contribution in [0.25, 0.3) is 0 Å². The van der Waals surface area contributed by atoms with Crippen molar-refractivity contribution >= 4 is 21.7 Å². The third-order valence-electron chi connectivity index (χ3n) is 3.24. The van der Waals surface area contributed by atoms with Crippen LogP contribution in [0.5, 0.6) is 11.5 Å². The van der Waals surface area contributed by atoms with E-state index in [0.717, 1.165) is 0 Å². The fraction of sp³-hybridized carbons (Fsp3) is 0.188. The van der Waals surface area contributed by atoms with E-state index in [1.165, 1.54) is 45.6 Å². The van der Waals surface area contributed by atoms with Gasteiger partial charge in [-0.2, -0.15) is 0 Å². The smallest absolute Gasteiger partial charge is 0.339 e. The van der Waals surface area contributed by atoms with Gasteiger partial charge < -0.3 is 14.2 Å². The van der Waals surface area contributed by atoms with Gasteiger partial charge in [-0.3, -0.25) is 4.72 Å². The Morgan fingerprint density at radius 1 is 1.00 bits per heavy atom. The minimum absolute atomic E-state index is 0.102. The Kier molecular flexibility index (Phi) is 5.30. The highest BCUT2D eigenvalue weighted by molar-refractivity contribution is 7.92. The molecule has 0 atom stereocenters. The molecule has 0 saturated carbocycles. The molecule has 0 aliphatic heterocycles. The maximum Gasteiger partial charge on any atom is 0.339 e. The molecule has 1 N–H and O–H groups in total. The second-order valence-electron chi connectivity index (χ2n) is 4.66. The molecule has 0 fully saturated rings. The fourth-order valence-corrected chi connectivity index (χ4v) is 3.32. The van der Waals surface area contributed by atoms with E-state index in [2.05, 4.69) is 9.46 Å². The van der Waals surface area contributed by atoms with E-state index >= 15 is 0 Å². The highest BCUT2D eigenvalue weighted by Gasteiger charge is 2.23. The van der Waals surface area contributed by atoms with Crippen molar-refractivity contribution < 1.29 is 27.4 Å². The number of carbonyl (C=O) groups excluding carboxylic acids is 1. The van der Waals surface area contributed by atoms with Gasteiger partial charge in [0.2, 0.25) is 0 Å². The Hall–Kier alpha value is -2.74. The zero-order chi connectivity index (χ0) is 17.7. The van der Waals surface area contributed by atoms with Crippen LogP contribution in [0.2, 0.25) is 0 Å². The average molecular weight is 351 g/mol. The second kappa shape index (κ2) is 7.22. The maximum atomic E-state index is 12.7. The third kappa shape index (κ3) is 3.60. The number of anilines is 1. The predicted molar refractivity (Wildman–Crippen MR) is 88.1 cm³/mol. The molecule has 0 aliphatic rings. The molecule has 2 aromatic rings. The Labute approximate surface area is 140 Å². The summed E-state index contributed by atoms with van der Waals surface area (Å²) >= 11 is 0. The van der Waals surface area contributed by atoms with Crippen LogP contribution in [0.3, 0.4) is 0 Å². The van der Waals surface area contributed by atoms with Gasteiger partial charge >= 0.3 is 5.97 Å². The first kappa shape index (κ1) is 17.6.